The van der Waals surface area contributed by atoms with Crippen LogP contribution in [0.1, 0.15) is 5.82 Å². The molecular formula is C8H13N5O. The summed E-state index contributed by atoms with van der Waals surface area (Å²) in [5.41, 5.74) is 5.46. The number of anilines is 2. The average molecular weight is 195 g/mol. The van der Waals surface area contributed by atoms with Crippen molar-refractivity contribution in [3.8, 4) is 0 Å². The number of aliphatic hydroxyl groups excluding tert-OH is 1. The van der Waals surface area contributed by atoms with E-state index in [9.17, 15) is 0 Å². The highest BCUT2D eigenvalue weighted by Crippen LogP contribution is 2.02. The zero-order valence-electron chi connectivity index (χ0n) is 7.77. The van der Waals surface area contributed by atoms with E-state index < -0.39 is 0 Å². The quantitative estimate of drug-likeness (QED) is 0.552. The van der Waals surface area contributed by atoms with Crippen LogP contribution >= 0.6 is 0 Å². The van der Waals surface area contributed by atoms with Crippen molar-refractivity contribution in [3.05, 3.63) is 18.5 Å². The van der Waals surface area contributed by atoms with E-state index in [1.165, 1.54) is 0 Å². The van der Waals surface area contributed by atoms with Gasteiger partial charge in [0.2, 0.25) is 11.9 Å². The van der Waals surface area contributed by atoms with Crippen molar-refractivity contribution in [3.63, 3.8) is 0 Å². The first-order valence-electron chi connectivity index (χ1n) is 4.22. The van der Waals surface area contributed by atoms with Gasteiger partial charge in [-0.15, -0.1) is 6.58 Å². The van der Waals surface area contributed by atoms with Gasteiger partial charge >= 0.3 is 0 Å². The lowest BCUT2D eigenvalue weighted by molar-refractivity contribution is 0.310. The summed E-state index contributed by atoms with van der Waals surface area (Å²) >= 11 is 0. The molecule has 0 aliphatic heterocycles. The van der Waals surface area contributed by atoms with Gasteiger partial charge in [0.15, 0.2) is 0 Å². The highest BCUT2D eigenvalue weighted by atomic mass is 16.3. The van der Waals surface area contributed by atoms with Crippen LogP contribution in [0.2, 0.25) is 0 Å². The molecule has 0 unspecified atom stereocenters. The van der Waals surface area contributed by atoms with Crippen molar-refractivity contribution in [2.45, 2.75) is 6.42 Å². The Balaban J connectivity index is 2.77. The van der Waals surface area contributed by atoms with Gasteiger partial charge in [-0.1, -0.05) is 6.08 Å². The summed E-state index contributed by atoms with van der Waals surface area (Å²) in [5.74, 6) is 1.11. The van der Waals surface area contributed by atoms with Crippen LogP contribution < -0.4 is 11.1 Å². The summed E-state index contributed by atoms with van der Waals surface area (Å²) in [4.78, 5) is 11.8. The molecule has 6 nitrogen and oxygen atoms in total. The van der Waals surface area contributed by atoms with Crippen molar-refractivity contribution in [1.29, 1.82) is 0 Å². The molecule has 14 heavy (non-hydrogen) atoms. The third-order valence-corrected chi connectivity index (χ3v) is 1.42. The van der Waals surface area contributed by atoms with E-state index in [0.717, 1.165) is 0 Å². The molecule has 0 spiro atoms. The number of allylic oxidation sites excluding steroid dienone is 1. The number of nitrogen functional groups attached to an aromatic ring is 1. The minimum absolute atomic E-state index is 0.0162. The summed E-state index contributed by atoms with van der Waals surface area (Å²) in [5, 5.41) is 11.4. The van der Waals surface area contributed by atoms with E-state index in [-0.39, 0.29) is 12.6 Å². The monoisotopic (exact) mass is 195 g/mol. The number of nitrogens with two attached hydrogens (primary N) is 1. The lowest BCUT2D eigenvalue weighted by Crippen LogP contribution is -2.12. The smallest absolute Gasteiger partial charge is 0.227 e. The molecule has 76 valence electrons. The third kappa shape index (κ3) is 2.98. The van der Waals surface area contributed by atoms with Gasteiger partial charge in [0.05, 0.1) is 6.61 Å². The number of rotatable bonds is 5. The van der Waals surface area contributed by atoms with E-state index >= 15 is 0 Å². The molecule has 1 rings (SSSR count). The van der Waals surface area contributed by atoms with E-state index in [1.54, 1.807) is 6.08 Å². The molecule has 0 saturated carbocycles. The lowest BCUT2D eigenvalue weighted by Gasteiger charge is -2.04. The number of nitrogens with one attached hydrogen (secondary N) is 1. The van der Waals surface area contributed by atoms with Crippen molar-refractivity contribution in [2.24, 2.45) is 0 Å². The molecular weight excluding hydrogens is 182 g/mol. The Morgan fingerprint density at radius 1 is 1.43 bits per heavy atom. The fraction of sp³-hybridized carbons (Fsp3) is 0.375. The average Bonchev–Trinajstić information content (AvgIpc) is 2.14. The van der Waals surface area contributed by atoms with Crippen molar-refractivity contribution in [2.75, 3.05) is 24.2 Å². The maximum Gasteiger partial charge on any atom is 0.227 e. The van der Waals surface area contributed by atoms with Crippen molar-refractivity contribution < 1.29 is 5.11 Å². The standard InChI is InChI=1S/C8H13N5O/c1-2-3-6-11-7(9)13-8(12-6)10-4-5-14/h2,14H,1,3-5H2,(H3,9,10,11,12,13). The van der Waals surface area contributed by atoms with Crippen LogP contribution in [0.25, 0.3) is 0 Å². The predicted molar refractivity (Wildman–Crippen MR) is 53.7 cm³/mol. The topological polar surface area (TPSA) is 97.0 Å². The summed E-state index contributed by atoms with van der Waals surface area (Å²) in [6, 6.07) is 0. The first kappa shape index (κ1) is 10.4. The molecule has 0 aliphatic rings. The highest BCUT2D eigenvalue weighted by molar-refractivity contribution is 5.31. The molecule has 4 N–H and O–H groups in total. The second-order valence-corrected chi connectivity index (χ2v) is 2.58. The Kier molecular flexibility index (Phi) is 3.81. The zero-order valence-corrected chi connectivity index (χ0v) is 7.77. The van der Waals surface area contributed by atoms with Gasteiger partial charge in [-0.3, -0.25) is 0 Å². The maximum absolute atomic E-state index is 8.59. The summed E-state index contributed by atoms with van der Waals surface area (Å²) in [6.45, 7) is 3.98. The minimum atomic E-state index is 0.0162. The van der Waals surface area contributed by atoms with Gasteiger partial charge in [0.25, 0.3) is 0 Å². The first-order chi connectivity index (χ1) is 6.76. The van der Waals surface area contributed by atoms with Crippen LogP contribution in [-0.2, 0) is 6.42 Å². The second-order valence-electron chi connectivity index (χ2n) is 2.58. The molecule has 0 bridgehead atoms. The molecule has 0 atom stereocenters. The van der Waals surface area contributed by atoms with Crippen LogP contribution in [0.5, 0.6) is 0 Å². The zero-order chi connectivity index (χ0) is 10.4. The lowest BCUT2D eigenvalue weighted by atomic mass is 10.4. The van der Waals surface area contributed by atoms with E-state index in [0.29, 0.717) is 24.7 Å². The molecule has 0 amide bonds. The van der Waals surface area contributed by atoms with Crippen LogP contribution in [-0.4, -0.2) is 33.2 Å². The number of aromatic nitrogens is 3. The minimum Gasteiger partial charge on any atom is -0.395 e. The molecule has 0 aromatic carbocycles. The largest absolute Gasteiger partial charge is 0.395 e. The third-order valence-electron chi connectivity index (χ3n) is 1.42. The fourth-order valence-corrected chi connectivity index (χ4v) is 0.905. The predicted octanol–water partition coefficient (Wildman–Crippen LogP) is -0.414. The Morgan fingerprint density at radius 2 is 2.21 bits per heavy atom. The van der Waals surface area contributed by atoms with Crippen LogP contribution in [0.15, 0.2) is 12.7 Å². The van der Waals surface area contributed by atoms with Gasteiger partial charge < -0.3 is 16.2 Å². The van der Waals surface area contributed by atoms with Crippen molar-refractivity contribution in [1.82, 2.24) is 15.0 Å². The van der Waals surface area contributed by atoms with E-state index in [4.69, 9.17) is 10.8 Å². The molecule has 6 heteroatoms. The molecule has 0 radical (unpaired) electrons. The Labute approximate surface area is 81.9 Å². The second kappa shape index (κ2) is 5.13. The molecule has 0 saturated heterocycles. The number of nitrogens with zero attached hydrogens (tertiary/aromatic N) is 3. The summed E-state index contributed by atoms with van der Waals surface area (Å²) < 4.78 is 0. The van der Waals surface area contributed by atoms with E-state index in [2.05, 4.69) is 26.8 Å². The maximum atomic E-state index is 8.59. The Morgan fingerprint density at radius 3 is 2.86 bits per heavy atom. The van der Waals surface area contributed by atoms with Gasteiger partial charge in [-0.25, -0.2) is 0 Å². The Hall–Kier alpha value is -1.69. The SMILES string of the molecule is C=CCc1nc(N)nc(NCCO)n1. The normalized spacial score (nSPS) is 9.79. The molecule has 0 fully saturated rings. The molecule has 1 heterocycles. The molecule has 0 aliphatic carbocycles. The number of aliphatic hydroxyl groups is 1. The Bertz CT molecular complexity index is 315. The molecule has 1 aromatic rings. The van der Waals surface area contributed by atoms with Crippen LogP contribution in [0, 0.1) is 0 Å². The van der Waals surface area contributed by atoms with Gasteiger partial charge in [0, 0.05) is 13.0 Å². The highest BCUT2D eigenvalue weighted by Gasteiger charge is 2.01. The van der Waals surface area contributed by atoms with Gasteiger partial charge in [0.1, 0.15) is 5.82 Å². The molecule has 1 aromatic heterocycles. The fourth-order valence-electron chi connectivity index (χ4n) is 0.905. The van der Waals surface area contributed by atoms with Crippen molar-refractivity contribution >= 4 is 11.9 Å². The van der Waals surface area contributed by atoms with Crippen LogP contribution in [0.4, 0.5) is 11.9 Å². The summed E-state index contributed by atoms with van der Waals surface area (Å²) in [7, 11) is 0. The van der Waals surface area contributed by atoms with Gasteiger partial charge in [-0.2, -0.15) is 15.0 Å². The van der Waals surface area contributed by atoms with E-state index in [1.807, 2.05) is 0 Å². The first-order valence-corrected chi connectivity index (χ1v) is 4.22. The number of hydrogen-bond acceptors (Lipinski definition) is 6. The number of hydrogen-bond donors (Lipinski definition) is 3. The summed E-state index contributed by atoms with van der Waals surface area (Å²) in [6.07, 6.45) is 2.23. The van der Waals surface area contributed by atoms with Crippen LogP contribution in [0.3, 0.4) is 0 Å². The van der Waals surface area contributed by atoms with Gasteiger partial charge in [-0.05, 0) is 0 Å².